The molecule has 0 spiro atoms. The Kier molecular flexibility index (Phi) is 3.67. The van der Waals surface area contributed by atoms with Crippen molar-refractivity contribution in [3.63, 3.8) is 0 Å². The molecule has 1 saturated carbocycles. The van der Waals surface area contributed by atoms with Crippen LogP contribution in [-0.2, 0) is 14.3 Å². The maximum absolute atomic E-state index is 14.8. The van der Waals surface area contributed by atoms with E-state index in [9.17, 15) is 14.0 Å². The molecular weight excluding hydrogens is 263 g/mol. The zero-order valence-corrected chi connectivity index (χ0v) is 11.6. The summed E-state index contributed by atoms with van der Waals surface area (Å²) in [6.07, 6.45) is 2.18. The molecule has 2 amide bonds. The van der Waals surface area contributed by atoms with Gasteiger partial charge in [-0.1, -0.05) is 0 Å². The Bertz CT molecular complexity index is 397. The molecular formula is C14H21FN2O3. The number of hydrogen-bond acceptors (Lipinski definition) is 3. The van der Waals surface area contributed by atoms with Gasteiger partial charge in [0.25, 0.3) is 5.91 Å². The largest absolute Gasteiger partial charge is 0.378 e. The fourth-order valence-corrected chi connectivity index (χ4v) is 2.93. The highest BCUT2D eigenvalue weighted by molar-refractivity contribution is 5.86. The van der Waals surface area contributed by atoms with Crippen molar-refractivity contribution >= 4 is 11.8 Å². The number of alkyl halides is 1. The van der Waals surface area contributed by atoms with Gasteiger partial charge >= 0.3 is 0 Å². The van der Waals surface area contributed by atoms with Crippen molar-refractivity contribution in [3.05, 3.63) is 0 Å². The number of hydrogen-bond donors (Lipinski definition) is 0. The molecule has 6 heteroatoms. The monoisotopic (exact) mass is 284 g/mol. The minimum absolute atomic E-state index is 0.127. The first-order valence-corrected chi connectivity index (χ1v) is 7.45. The number of morpholine rings is 1. The van der Waals surface area contributed by atoms with Gasteiger partial charge in [0.15, 0.2) is 5.67 Å². The molecule has 0 aromatic carbocycles. The smallest absolute Gasteiger partial charge is 0.260 e. The first-order chi connectivity index (χ1) is 9.60. The molecule has 3 fully saturated rings. The second-order valence-corrected chi connectivity index (χ2v) is 5.97. The fourth-order valence-electron chi connectivity index (χ4n) is 2.93. The lowest BCUT2D eigenvalue weighted by molar-refractivity contribution is -0.154. The summed E-state index contributed by atoms with van der Waals surface area (Å²) in [6, 6.07) is 0. The third-order valence-electron chi connectivity index (χ3n) is 4.48. The fraction of sp³-hybridized carbons (Fsp3) is 0.857. The third-order valence-corrected chi connectivity index (χ3v) is 4.48. The number of piperidine rings is 1. The molecule has 5 nitrogen and oxygen atoms in total. The van der Waals surface area contributed by atoms with Crippen LogP contribution in [0.2, 0.25) is 0 Å². The van der Waals surface area contributed by atoms with E-state index in [1.807, 2.05) is 0 Å². The molecule has 0 aromatic heterocycles. The predicted molar refractivity (Wildman–Crippen MR) is 69.8 cm³/mol. The minimum atomic E-state index is -1.79. The molecule has 20 heavy (non-hydrogen) atoms. The van der Waals surface area contributed by atoms with Crippen molar-refractivity contribution in [1.82, 2.24) is 9.80 Å². The number of carbonyl (C=O) groups excluding carboxylic acids is 2. The van der Waals surface area contributed by atoms with Gasteiger partial charge in [0.1, 0.15) is 0 Å². The van der Waals surface area contributed by atoms with E-state index in [-0.39, 0.29) is 24.7 Å². The van der Waals surface area contributed by atoms with E-state index in [1.165, 1.54) is 0 Å². The lowest BCUT2D eigenvalue weighted by Crippen LogP contribution is -2.55. The summed E-state index contributed by atoms with van der Waals surface area (Å²) in [5, 5.41) is 0. The minimum Gasteiger partial charge on any atom is -0.378 e. The first-order valence-electron chi connectivity index (χ1n) is 7.45. The highest BCUT2D eigenvalue weighted by atomic mass is 19.1. The second kappa shape index (κ2) is 5.31. The Balaban J connectivity index is 1.57. The molecule has 0 N–H and O–H groups in total. The van der Waals surface area contributed by atoms with E-state index in [0.29, 0.717) is 39.4 Å². The number of ether oxygens (including phenoxy) is 1. The van der Waals surface area contributed by atoms with Gasteiger partial charge in [-0.25, -0.2) is 4.39 Å². The quantitative estimate of drug-likeness (QED) is 0.745. The predicted octanol–water partition coefficient (Wildman–Crippen LogP) is 0.586. The van der Waals surface area contributed by atoms with E-state index < -0.39 is 11.6 Å². The van der Waals surface area contributed by atoms with Gasteiger partial charge in [0.2, 0.25) is 5.91 Å². The van der Waals surface area contributed by atoms with Gasteiger partial charge < -0.3 is 14.5 Å². The molecule has 0 radical (unpaired) electrons. The Morgan fingerprint density at radius 1 is 1.00 bits per heavy atom. The average Bonchev–Trinajstić information content (AvgIpc) is 3.32. The Hall–Kier alpha value is -1.17. The number of nitrogens with zero attached hydrogens (tertiary/aromatic N) is 2. The van der Waals surface area contributed by atoms with Crippen LogP contribution in [0.25, 0.3) is 0 Å². The average molecular weight is 284 g/mol. The summed E-state index contributed by atoms with van der Waals surface area (Å²) >= 11 is 0. The van der Waals surface area contributed by atoms with Crippen molar-refractivity contribution in [2.24, 2.45) is 5.92 Å². The number of likely N-dealkylation sites (tertiary alicyclic amines) is 1. The second-order valence-electron chi connectivity index (χ2n) is 5.97. The van der Waals surface area contributed by atoms with Crippen LogP contribution in [0, 0.1) is 5.92 Å². The van der Waals surface area contributed by atoms with E-state index in [0.717, 1.165) is 12.8 Å². The maximum atomic E-state index is 14.8. The van der Waals surface area contributed by atoms with Crippen LogP contribution in [0.5, 0.6) is 0 Å². The van der Waals surface area contributed by atoms with Crippen LogP contribution in [0.3, 0.4) is 0 Å². The van der Waals surface area contributed by atoms with Crippen molar-refractivity contribution in [1.29, 1.82) is 0 Å². The molecule has 3 rings (SSSR count). The zero-order chi connectivity index (χ0) is 14.2. The SMILES string of the molecule is O=C(C1CC1)N1CCC(F)(C(=O)N2CCOCC2)CC1. The Morgan fingerprint density at radius 2 is 1.60 bits per heavy atom. The van der Waals surface area contributed by atoms with Crippen molar-refractivity contribution in [3.8, 4) is 0 Å². The molecule has 112 valence electrons. The van der Waals surface area contributed by atoms with Gasteiger partial charge in [0.05, 0.1) is 13.2 Å². The van der Waals surface area contributed by atoms with Crippen LogP contribution in [0.4, 0.5) is 4.39 Å². The number of rotatable bonds is 2. The highest BCUT2D eigenvalue weighted by Gasteiger charge is 2.46. The zero-order valence-electron chi connectivity index (χ0n) is 11.6. The van der Waals surface area contributed by atoms with E-state index >= 15 is 0 Å². The normalized spacial score (nSPS) is 26.4. The summed E-state index contributed by atoms with van der Waals surface area (Å²) in [5.74, 6) is -0.109. The molecule has 1 aliphatic carbocycles. The molecule has 0 unspecified atom stereocenters. The Labute approximate surface area is 118 Å². The molecule has 0 aromatic rings. The van der Waals surface area contributed by atoms with Crippen LogP contribution in [-0.4, -0.2) is 66.7 Å². The topological polar surface area (TPSA) is 49.9 Å². The Morgan fingerprint density at radius 3 is 2.15 bits per heavy atom. The molecule has 2 aliphatic heterocycles. The summed E-state index contributed by atoms with van der Waals surface area (Å²) in [7, 11) is 0. The first kappa shape index (κ1) is 13.8. The molecule has 2 heterocycles. The molecule has 3 aliphatic rings. The lowest BCUT2D eigenvalue weighted by atomic mass is 9.91. The molecule has 0 atom stereocenters. The number of amides is 2. The lowest BCUT2D eigenvalue weighted by Gasteiger charge is -2.39. The van der Waals surface area contributed by atoms with E-state index in [4.69, 9.17) is 4.74 Å². The van der Waals surface area contributed by atoms with Crippen LogP contribution < -0.4 is 0 Å². The van der Waals surface area contributed by atoms with Crippen molar-refractivity contribution in [2.75, 3.05) is 39.4 Å². The van der Waals surface area contributed by atoms with Gasteiger partial charge in [-0.2, -0.15) is 0 Å². The van der Waals surface area contributed by atoms with Crippen molar-refractivity contribution in [2.45, 2.75) is 31.4 Å². The summed E-state index contributed by atoms with van der Waals surface area (Å²) < 4.78 is 20.0. The summed E-state index contributed by atoms with van der Waals surface area (Å²) in [5.41, 5.74) is -1.79. The standard InChI is InChI=1S/C14H21FN2O3/c15-14(13(19)17-7-9-20-10-8-17)3-5-16(6-4-14)12(18)11-1-2-11/h11H,1-10H2. The van der Waals surface area contributed by atoms with Crippen LogP contribution in [0.1, 0.15) is 25.7 Å². The summed E-state index contributed by atoms with van der Waals surface area (Å²) in [4.78, 5) is 27.5. The van der Waals surface area contributed by atoms with Gasteiger partial charge in [0, 0.05) is 44.9 Å². The van der Waals surface area contributed by atoms with Gasteiger partial charge in [-0.05, 0) is 12.8 Å². The maximum Gasteiger partial charge on any atom is 0.260 e. The van der Waals surface area contributed by atoms with E-state index in [2.05, 4.69) is 0 Å². The van der Waals surface area contributed by atoms with Crippen LogP contribution >= 0.6 is 0 Å². The van der Waals surface area contributed by atoms with E-state index in [1.54, 1.807) is 9.80 Å². The van der Waals surface area contributed by atoms with Crippen LogP contribution in [0.15, 0.2) is 0 Å². The van der Waals surface area contributed by atoms with Gasteiger partial charge in [-0.15, -0.1) is 0 Å². The molecule has 0 bridgehead atoms. The number of carbonyl (C=O) groups is 2. The van der Waals surface area contributed by atoms with Gasteiger partial charge in [-0.3, -0.25) is 9.59 Å². The number of halogens is 1. The van der Waals surface area contributed by atoms with Crippen molar-refractivity contribution < 1.29 is 18.7 Å². The highest BCUT2D eigenvalue weighted by Crippen LogP contribution is 2.34. The molecule has 2 saturated heterocycles. The summed E-state index contributed by atoms with van der Waals surface area (Å²) in [6.45, 7) is 2.62. The third kappa shape index (κ3) is 2.66.